The van der Waals surface area contributed by atoms with Gasteiger partial charge >= 0.3 is 0 Å². The summed E-state index contributed by atoms with van der Waals surface area (Å²) in [6.45, 7) is -0.359. The number of nitrogens with zero attached hydrogens (tertiary/aromatic N) is 3. The molecule has 23 heavy (non-hydrogen) atoms. The van der Waals surface area contributed by atoms with E-state index in [9.17, 15) is 15.3 Å². The highest BCUT2D eigenvalue weighted by molar-refractivity contribution is 8.00. The van der Waals surface area contributed by atoms with Crippen molar-refractivity contribution in [3.8, 4) is 18.2 Å². The molecule has 0 amide bonds. The summed E-state index contributed by atoms with van der Waals surface area (Å²) in [6.07, 6.45) is 1.09. The Kier molecular flexibility index (Phi) is 4.47. The van der Waals surface area contributed by atoms with Crippen molar-refractivity contribution in [3.05, 3.63) is 0 Å². The summed E-state index contributed by atoms with van der Waals surface area (Å²) in [5.41, 5.74) is 5.70. The number of aromatic nitrogens is 2. The Labute approximate surface area is 136 Å². The van der Waals surface area contributed by atoms with Gasteiger partial charge in [-0.3, -0.25) is 0 Å². The maximum absolute atomic E-state index is 10.2. The second kappa shape index (κ2) is 6.38. The van der Waals surface area contributed by atoms with E-state index in [0.29, 0.717) is 16.6 Å². The summed E-state index contributed by atoms with van der Waals surface area (Å²) in [5.74, 6) is 3.44. The Hall–Kier alpha value is -1.77. The monoisotopic (exact) mass is 340 g/mol. The molecule has 0 unspecified atom stereocenters. The van der Waals surface area contributed by atoms with E-state index in [0.717, 1.165) is 0 Å². The predicted octanol–water partition coefficient (Wildman–Crippen LogP) is -1.62. The Bertz CT molecular complexity index is 640. The molecule has 124 valence electrons. The second-order valence-corrected chi connectivity index (χ2v) is 5.96. The molecular formula is C13H16N4O5S. The molecule has 0 aliphatic carbocycles. The van der Waals surface area contributed by atoms with Gasteiger partial charge in [0.25, 0.3) is 0 Å². The Morgan fingerprint density at radius 3 is 2.87 bits per heavy atom. The van der Waals surface area contributed by atoms with Gasteiger partial charge in [-0.15, -0.1) is 6.42 Å². The third-order valence-electron chi connectivity index (χ3n) is 3.57. The van der Waals surface area contributed by atoms with E-state index in [1.807, 2.05) is 0 Å². The van der Waals surface area contributed by atoms with Crippen molar-refractivity contribution in [1.29, 1.82) is 0 Å². The van der Waals surface area contributed by atoms with Crippen LogP contribution in [0.2, 0.25) is 0 Å². The molecule has 1 saturated heterocycles. The molecule has 2 aliphatic heterocycles. The van der Waals surface area contributed by atoms with Gasteiger partial charge in [-0.25, -0.2) is 0 Å². The first-order valence-corrected chi connectivity index (χ1v) is 7.81. The first-order valence-electron chi connectivity index (χ1n) is 6.82. The lowest BCUT2D eigenvalue weighted by Crippen LogP contribution is -2.43. The van der Waals surface area contributed by atoms with Crippen molar-refractivity contribution in [2.45, 2.75) is 29.4 Å². The van der Waals surface area contributed by atoms with Crippen molar-refractivity contribution in [3.63, 3.8) is 0 Å². The summed E-state index contributed by atoms with van der Waals surface area (Å²) >= 11 is 1.38. The van der Waals surface area contributed by atoms with Gasteiger partial charge in [0.1, 0.15) is 23.2 Å². The van der Waals surface area contributed by atoms with Gasteiger partial charge in [-0.05, 0) is 0 Å². The van der Waals surface area contributed by atoms with Crippen LogP contribution in [0, 0.1) is 12.3 Å². The molecule has 3 heterocycles. The number of hydrogen-bond acceptors (Lipinski definition) is 10. The van der Waals surface area contributed by atoms with Gasteiger partial charge in [-0.2, -0.15) is 9.97 Å². The SMILES string of the molecule is C#CCOc1nc(N)nc2c1SCN2[C@@H]1O[C@H](CO)[C@@H](O)[C@H]1O. The lowest BCUT2D eigenvalue weighted by Gasteiger charge is -2.27. The van der Waals surface area contributed by atoms with Crippen molar-refractivity contribution in [2.75, 3.05) is 29.7 Å². The molecule has 4 atom stereocenters. The number of thioether (sulfide) groups is 1. The van der Waals surface area contributed by atoms with Crippen molar-refractivity contribution in [1.82, 2.24) is 9.97 Å². The van der Waals surface area contributed by atoms with Crippen LogP contribution in [0.4, 0.5) is 11.8 Å². The van der Waals surface area contributed by atoms with Gasteiger partial charge < -0.3 is 35.4 Å². The molecule has 10 heteroatoms. The minimum atomic E-state index is -1.19. The molecule has 0 bridgehead atoms. The van der Waals surface area contributed by atoms with Crippen LogP contribution in [0.1, 0.15) is 0 Å². The fourth-order valence-corrected chi connectivity index (χ4v) is 3.55. The van der Waals surface area contributed by atoms with Crippen LogP contribution in [-0.2, 0) is 4.74 Å². The second-order valence-electron chi connectivity index (χ2n) is 5.00. The molecule has 0 saturated carbocycles. The maximum Gasteiger partial charge on any atom is 0.235 e. The van der Waals surface area contributed by atoms with Crippen molar-refractivity contribution < 1.29 is 24.8 Å². The standard InChI is InChI=1S/C13H16N4O5S/c1-2-3-21-11-9-10(15-13(14)16-11)17(5-23-9)12-8(20)7(19)6(4-18)22-12/h1,6-8,12,18-20H,3-5H2,(H2,14,15,16)/t6-,7-,8-,12-/m1/s1. The van der Waals surface area contributed by atoms with Crippen LogP contribution in [0.25, 0.3) is 0 Å². The van der Waals surface area contributed by atoms with E-state index in [1.165, 1.54) is 11.8 Å². The number of aliphatic hydroxyl groups excluding tert-OH is 3. The van der Waals surface area contributed by atoms with E-state index >= 15 is 0 Å². The normalized spacial score (nSPS) is 29.4. The molecule has 1 aromatic rings. The van der Waals surface area contributed by atoms with Gasteiger partial charge in [-0.1, -0.05) is 17.7 Å². The largest absolute Gasteiger partial charge is 0.464 e. The highest BCUT2D eigenvalue weighted by Crippen LogP contribution is 2.45. The lowest BCUT2D eigenvalue weighted by atomic mass is 10.1. The zero-order chi connectivity index (χ0) is 16.6. The van der Waals surface area contributed by atoms with E-state index in [-0.39, 0.29) is 18.4 Å². The zero-order valence-electron chi connectivity index (χ0n) is 12.0. The van der Waals surface area contributed by atoms with Crippen LogP contribution in [0.5, 0.6) is 5.88 Å². The van der Waals surface area contributed by atoms with Gasteiger partial charge in [0.2, 0.25) is 11.8 Å². The first-order chi connectivity index (χ1) is 11.1. The van der Waals surface area contributed by atoms with Crippen LogP contribution < -0.4 is 15.4 Å². The molecule has 1 aromatic heterocycles. The molecule has 0 radical (unpaired) electrons. The Morgan fingerprint density at radius 2 is 2.22 bits per heavy atom. The Balaban J connectivity index is 1.90. The first kappa shape index (κ1) is 16.1. The van der Waals surface area contributed by atoms with E-state index in [2.05, 4.69) is 15.9 Å². The predicted molar refractivity (Wildman–Crippen MR) is 81.7 cm³/mol. The molecule has 0 spiro atoms. The van der Waals surface area contributed by atoms with Gasteiger partial charge in [0.15, 0.2) is 18.7 Å². The number of aliphatic hydroxyl groups is 3. The Morgan fingerprint density at radius 1 is 1.43 bits per heavy atom. The lowest BCUT2D eigenvalue weighted by molar-refractivity contribution is -0.0216. The highest BCUT2D eigenvalue weighted by Gasteiger charge is 2.47. The fraction of sp³-hybridized carbons (Fsp3) is 0.538. The number of hydrogen-bond donors (Lipinski definition) is 4. The smallest absolute Gasteiger partial charge is 0.235 e. The minimum Gasteiger partial charge on any atom is -0.464 e. The molecular weight excluding hydrogens is 324 g/mol. The van der Waals surface area contributed by atoms with E-state index in [1.54, 1.807) is 4.90 Å². The number of anilines is 2. The van der Waals surface area contributed by atoms with Crippen molar-refractivity contribution in [2.24, 2.45) is 0 Å². The van der Waals surface area contributed by atoms with Gasteiger partial charge in [0, 0.05) is 0 Å². The molecule has 2 aliphatic rings. The number of nitrogen functional groups attached to an aromatic ring is 1. The van der Waals surface area contributed by atoms with Crippen LogP contribution in [0.3, 0.4) is 0 Å². The summed E-state index contributed by atoms with van der Waals surface area (Å²) in [4.78, 5) is 10.5. The van der Waals surface area contributed by atoms with Crippen LogP contribution >= 0.6 is 11.8 Å². The highest BCUT2D eigenvalue weighted by atomic mass is 32.2. The quantitative estimate of drug-likeness (QED) is 0.474. The van der Waals surface area contributed by atoms with Crippen molar-refractivity contribution >= 4 is 23.5 Å². The maximum atomic E-state index is 10.2. The summed E-state index contributed by atoms with van der Waals surface area (Å²) < 4.78 is 10.9. The third-order valence-corrected chi connectivity index (χ3v) is 4.62. The van der Waals surface area contributed by atoms with Crippen LogP contribution in [0.15, 0.2) is 4.90 Å². The van der Waals surface area contributed by atoms with Crippen LogP contribution in [-0.4, -0.2) is 68.9 Å². The molecule has 0 aromatic carbocycles. The molecule has 1 fully saturated rings. The number of ether oxygens (including phenoxy) is 2. The van der Waals surface area contributed by atoms with E-state index < -0.39 is 31.1 Å². The van der Waals surface area contributed by atoms with E-state index in [4.69, 9.17) is 21.6 Å². The number of fused-ring (bicyclic) bond motifs is 1. The number of terminal acetylenes is 1. The minimum absolute atomic E-state index is 0.00462. The topological polar surface area (TPSA) is 134 Å². The number of rotatable bonds is 4. The molecule has 9 nitrogen and oxygen atoms in total. The molecule has 3 rings (SSSR count). The van der Waals surface area contributed by atoms with Gasteiger partial charge in [0.05, 0.1) is 12.5 Å². The summed E-state index contributed by atoms with van der Waals surface area (Å²) in [6, 6.07) is 0. The third kappa shape index (κ3) is 2.77. The zero-order valence-corrected chi connectivity index (χ0v) is 12.8. The average molecular weight is 340 g/mol. The average Bonchev–Trinajstić information content (AvgIpc) is 3.07. The summed E-state index contributed by atoms with van der Waals surface area (Å²) in [7, 11) is 0. The molecule has 5 N–H and O–H groups in total. The number of nitrogens with two attached hydrogens (primary N) is 1. The fourth-order valence-electron chi connectivity index (χ4n) is 2.49. The summed E-state index contributed by atoms with van der Waals surface area (Å²) in [5, 5.41) is 29.2.